The van der Waals surface area contributed by atoms with Crippen LogP contribution in [-0.2, 0) is 9.59 Å². The molecular weight excluding hydrogens is 222 g/mol. The third-order valence-electron chi connectivity index (χ3n) is 3.37. The van der Waals surface area contributed by atoms with Crippen molar-refractivity contribution in [3.63, 3.8) is 0 Å². The second kappa shape index (κ2) is 4.73. The first kappa shape index (κ1) is 11.9. The number of carbonyl (C=O) groups is 3. The van der Waals surface area contributed by atoms with Crippen LogP contribution in [0.1, 0.15) is 19.8 Å². The average Bonchev–Trinajstić information content (AvgIpc) is 2.61. The van der Waals surface area contributed by atoms with Crippen LogP contribution >= 0.6 is 0 Å². The fraction of sp³-hybridized carbons (Fsp3) is 0.727. The Morgan fingerprint density at radius 2 is 2.00 bits per heavy atom. The van der Waals surface area contributed by atoms with E-state index in [1.54, 1.807) is 4.90 Å². The number of imide groups is 1. The first-order valence-electron chi connectivity index (χ1n) is 5.94. The number of piperidine rings is 1. The van der Waals surface area contributed by atoms with Crippen LogP contribution in [0.2, 0.25) is 0 Å². The van der Waals surface area contributed by atoms with E-state index in [0.29, 0.717) is 5.92 Å². The maximum absolute atomic E-state index is 11.9. The zero-order chi connectivity index (χ0) is 12.4. The predicted molar refractivity (Wildman–Crippen MR) is 60.1 cm³/mol. The molecule has 0 saturated carbocycles. The van der Waals surface area contributed by atoms with Gasteiger partial charge in [0.1, 0.15) is 6.54 Å². The van der Waals surface area contributed by atoms with Gasteiger partial charge in [-0.15, -0.1) is 0 Å². The monoisotopic (exact) mass is 239 g/mol. The van der Waals surface area contributed by atoms with Gasteiger partial charge in [0.25, 0.3) is 5.91 Å². The Hall–Kier alpha value is -1.59. The molecule has 0 spiro atoms. The molecule has 2 fully saturated rings. The van der Waals surface area contributed by atoms with Gasteiger partial charge in [-0.1, -0.05) is 6.92 Å². The van der Waals surface area contributed by atoms with Crippen molar-refractivity contribution in [2.75, 3.05) is 26.2 Å². The third kappa shape index (κ3) is 2.57. The van der Waals surface area contributed by atoms with Crippen LogP contribution in [0.15, 0.2) is 0 Å². The van der Waals surface area contributed by atoms with Crippen LogP contribution in [-0.4, -0.2) is 53.8 Å². The predicted octanol–water partition coefficient (Wildman–Crippen LogP) is -0.203. The topological polar surface area (TPSA) is 69.7 Å². The molecule has 6 heteroatoms. The standard InChI is InChI=1S/C11H17N3O3/c1-8-2-4-13(5-3-8)10(16)7-14-9(15)6-12-11(14)17/h8H,2-7H2,1H3,(H,12,17). The summed E-state index contributed by atoms with van der Waals surface area (Å²) in [5.74, 6) is 0.187. The van der Waals surface area contributed by atoms with E-state index in [1.807, 2.05) is 0 Å². The van der Waals surface area contributed by atoms with Crippen molar-refractivity contribution in [1.29, 1.82) is 0 Å². The molecule has 2 aliphatic rings. The maximum atomic E-state index is 11.9. The largest absolute Gasteiger partial charge is 0.341 e. The quantitative estimate of drug-likeness (QED) is 0.678. The van der Waals surface area contributed by atoms with Crippen LogP contribution in [0.4, 0.5) is 4.79 Å². The molecule has 0 aromatic rings. The summed E-state index contributed by atoms with van der Waals surface area (Å²) in [6.45, 7) is 3.49. The molecule has 1 N–H and O–H groups in total. The van der Waals surface area contributed by atoms with Gasteiger partial charge < -0.3 is 10.2 Å². The molecule has 0 radical (unpaired) electrons. The zero-order valence-corrected chi connectivity index (χ0v) is 9.94. The molecule has 0 unspecified atom stereocenters. The smallest absolute Gasteiger partial charge is 0.325 e. The molecule has 2 saturated heterocycles. The summed E-state index contributed by atoms with van der Waals surface area (Å²) in [7, 11) is 0. The molecule has 94 valence electrons. The lowest BCUT2D eigenvalue weighted by Crippen LogP contribution is -2.45. The van der Waals surface area contributed by atoms with Gasteiger partial charge in [0.2, 0.25) is 5.91 Å². The molecule has 4 amide bonds. The van der Waals surface area contributed by atoms with E-state index in [-0.39, 0.29) is 24.9 Å². The number of amides is 4. The number of nitrogens with one attached hydrogen (secondary N) is 1. The lowest BCUT2D eigenvalue weighted by molar-refractivity contribution is -0.137. The summed E-state index contributed by atoms with van der Waals surface area (Å²) in [4.78, 5) is 37.2. The molecule has 0 aromatic heterocycles. The highest BCUT2D eigenvalue weighted by molar-refractivity contribution is 6.04. The molecule has 0 bridgehead atoms. The molecule has 2 aliphatic heterocycles. The first-order chi connectivity index (χ1) is 8.08. The molecule has 0 aliphatic carbocycles. The second-order valence-corrected chi connectivity index (χ2v) is 4.70. The van der Waals surface area contributed by atoms with Crippen molar-refractivity contribution >= 4 is 17.8 Å². The van der Waals surface area contributed by atoms with Gasteiger partial charge in [0, 0.05) is 13.1 Å². The van der Waals surface area contributed by atoms with Crippen molar-refractivity contribution in [2.45, 2.75) is 19.8 Å². The van der Waals surface area contributed by atoms with Crippen molar-refractivity contribution in [2.24, 2.45) is 5.92 Å². The van der Waals surface area contributed by atoms with Gasteiger partial charge >= 0.3 is 6.03 Å². The van der Waals surface area contributed by atoms with E-state index in [9.17, 15) is 14.4 Å². The fourth-order valence-electron chi connectivity index (χ4n) is 2.11. The van der Waals surface area contributed by atoms with Gasteiger partial charge in [0.05, 0.1) is 6.54 Å². The summed E-state index contributed by atoms with van der Waals surface area (Å²) in [5.41, 5.74) is 0. The second-order valence-electron chi connectivity index (χ2n) is 4.70. The summed E-state index contributed by atoms with van der Waals surface area (Å²) < 4.78 is 0. The number of hydrogen-bond acceptors (Lipinski definition) is 3. The van der Waals surface area contributed by atoms with E-state index in [0.717, 1.165) is 30.8 Å². The van der Waals surface area contributed by atoms with Crippen LogP contribution in [0.5, 0.6) is 0 Å². The molecule has 0 atom stereocenters. The molecule has 17 heavy (non-hydrogen) atoms. The fourth-order valence-corrected chi connectivity index (χ4v) is 2.11. The van der Waals surface area contributed by atoms with E-state index in [2.05, 4.69) is 12.2 Å². The minimum atomic E-state index is -0.464. The van der Waals surface area contributed by atoms with E-state index in [4.69, 9.17) is 0 Å². The Kier molecular flexibility index (Phi) is 3.31. The van der Waals surface area contributed by atoms with Gasteiger partial charge in [-0.3, -0.25) is 14.5 Å². The Balaban J connectivity index is 1.88. The Bertz CT molecular complexity index is 332. The Morgan fingerprint density at radius 3 is 2.53 bits per heavy atom. The number of likely N-dealkylation sites (tertiary alicyclic amines) is 1. The molecule has 2 heterocycles. The number of rotatable bonds is 2. The minimum Gasteiger partial charge on any atom is -0.341 e. The number of nitrogens with zero attached hydrogens (tertiary/aromatic N) is 2. The SMILES string of the molecule is CC1CCN(C(=O)CN2C(=O)CNC2=O)CC1. The minimum absolute atomic E-state index is 0.00312. The molecule has 6 nitrogen and oxygen atoms in total. The van der Waals surface area contributed by atoms with Crippen LogP contribution in [0.25, 0.3) is 0 Å². The number of hydrogen-bond donors (Lipinski definition) is 1. The third-order valence-corrected chi connectivity index (χ3v) is 3.37. The number of carbonyl (C=O) groups excluding carboxylic acids is 3. The van der Waals surface area contributed by atoms with Crippen LogP contribution in [0, 0.1) is 5.92 Å². The average molecular weight is 239 g/mol. The highest BCUT2D eigenvalue weighted by Gasteiger charge is 2.32. The van der Waals surface area contributed by atoms with Crippen molar-refractivity contribution in [1.82, 2.24) is 15.1 Å². The zero-order valence-electron chi connectivity index (χ0n) is 9.94. The lowest BCUT2D eigenvalue weighted by Gasteiger charge is -2.31. The van der Waals surface area contributed by atoms with Crippen LogP contribution < -0.4 is 5.32 Å². The van der Waals surface area contributed by atoms with Crippen molar-refractivity contribution in [3.8, 4) is 0 Å². The summed E-state index contributed by atoms with van der Waals surface area (Å²) in [6.07, 6.45) is 1.98. The normalized spacial score (nSPS) is 21.9. The Morgan fingerprint density at radius 1 is 1.35 bits per heavy atom. The number of urea groups is 1. The van der Waals surface area contributed by atoms with Gasteiger partial charge in [0.15, 0.2) is 0 Å². The highest BCUT2D eigenvalue weighted by atomic mass is 16.2. The van der Waals surface area contributed by atoms with Crippen molar-refractivity contribution < 1.29 is 14.4 Å². The first-order valence-corrected chi connectivity index (χ1v) is 5.94. The summed E-state index contributed by atoms with van der Waals surface area (Å²) in [5, 5.41) is 2.40. The van der Waals surface area contributed by atoms with E-state index >= 15 is 0 Å². The molecule has 0 aromatic carbocycles. The summed E-state index contributed by atoms with van der Waals surface area (Å²) >= 11 is 0. The van der Waals surface area contributed by atoms with Gasteiger partial charge in [-0.25, -0.2) is 4.79 Å². The van der Waals surface area contributed by atoms with Crippen molar-refractivity contribution in [3.05, 3.63) is 0 Å². The highest BCUT2D eigenvalue weighted by Crippen LogP contribution is 2.16. The Labute approximate surface area is 99.9 Å². The lowest BCUT2D eigenvalue weighted by atomic mass is 9.99. The van der Waals surface area contributed by atoms with Gasteiger partial charge in [-0.2, -0.15) is 0 Å². The van der Waals surface area contributed by atoms with Crippen LogP contribution in [0.3, 0.4) is 0 Å². The van der Waals surface area contributed by atoms with E-state index < -0.39 is 6.03 Å². The van der Waals surface area contributed by atoms with Gasteiger partial charge in [-0.05, 0) is 18.8 Å². The van der Waals surface area contributed by atoms with E-state index in [1.165, 1.54) is 0 Å². The summed E-state index contributed by atoms with van der Waals surface area (Å²) in [6, 6.07) is -0.464. The molecular formula is C11H17N3O3. The maximum Gasteiger partial charge on any atom is 0.325 e. The molecule has 2 rings (SSSR count).